The van der Waals surface area contributed by atoms with Crippen LogP contribution < -0.4 is 27.0 Å². The number of hydrogen-bond donors (Lipinski definition) is 6. The van der Waals surface area contributed by atoms with Gasteiger partial charge in [-0.25, -0.2) is 83.2 Å². The predicted molar refractivity (Wildman–Crippen MR) is 452 cm³/mol. The number of sulfonamides is 2. The number of aldehydes is 1. The molecule has 39 heteroatoms. The van der Waals surface area contributed by atoms with Crippen LogP contribution >= 0.6 is 42.5 Å². The molecule has 0 aliphatic heterocycles. The van der Waals surface area contributed by atoms with Crippen molar-refractivity contribution in [1.82, 2.24) is 81.0 Å². The molecule has 0 amide bonds. The zero-order valence-corrected chi connectivity index (χ0v) is 77.3. The minimum atomic E-state index is -3.70. The van der Waals surface area contributed by atoms with E-state index in [-0.39, 0.29) is 42.5 Å². The molecule has 7 rings (SSSR count). The molecule has 0 spiro atoms. The molecule has 7 aromatic rings. The SMILES string of the molecule is CCC.CN(C)Cc1ccc(Br)nc1.CN(C)Cc1ccc(S(=O)(=O)Cl)nc1.CN(C)Cc1ccc(S(=O)(=O)N[Si](C)(C)C(C)(C)C)nc1.CN(C)Cc1ccc(S(=O)O)nc1.CN(C)Cc1ccc(S(N)(=O)=N[Si](C)(C)C(C)(C)C)nc1.CN(C)Cc1ccc(S(N)(=O)=O)nc1.N.N.O=Cc1ccc(Br)nc1. The molecule has 0 aliphatic rings. The summed E-state index contributed by atoms with van der Waals surface area (Å²) < 4.78 is 110. The topological polar surface area (TPSA) is 430 Å². The number of halogens is 3. The van der Waals surface area contributed by atoms with E-state index < -0.39 is 66.6 Å². The van der Waals surface area contributed by atoms with E-state index in [2.05, 4.69) is 160 Å². The number of nitrogens with two attached hydrogens (primary N) is 2. The van der Waals surface area contributed by atoms with Gasteiger partial charge in [-0.3, -0.25) is 8.82 Å². The van der Waals surface area contributed by atoms with Crippen LogP contribution in [-0.2, 0) is 89.4 Å². The number of nitrogens with zero attached hydrogens (tertiary/aromatic N) is 14. The van der Waals surface area contributed by atoms with E-state index in [4.69, 9.17) is 25.5 Å². The summed E-state index contributed by atoms with van der Waals surface area (Å²) in [6, 6.07) is 24.1. The average molecular weight is 1790 g/mol. The molecule has 0 fully saturated rings. The number of nitrogens with one attached hydrogen (secondary N) is 1. The van der Waals surface area contributed by atoms with Gasteiger partial charge in [-0.05, 0) is 222 Å². The lowest BCUT2D eigenvalue weighted by atomic mass is 10.2. The molecule has 0 aromatic carbocycles. The number of rotatable bonds is 21. The molecule has 0 saturated heterocycles. The molecule has 0 saturated carbocycles. The zero-order chi connectivity index (χ0) is 82.0. The summed E-state index contributed by atoms with van der Waals surface area (Å²) in [5.41, 5.74) is 6.80. The molecular weight excluding hydrogens is 1670 g/mol. The van der Waals surface area contributed by atoms with Gasteiger partial charge in [0, 0.05) is 98.9 Å². The van der Waals surface area contributed by atoms with Crippen molar-refractivity contribution >= 4 is 115 Å². The minimum absolute atomic E-state index is 0. The quantitative estimate of drug-likeness (QED) is 0.0128. The number of carbonyl (C=O) groups excluding carboxylic acids is 1. The number of pyridine rings is 7. The Bertz CT molecular complexity index is 4150. The van der Waals surface area contributed by atoms with Gasteiger partial charge in [0.05, 0.1) is 0 Å². The Kier molecular flexibility index (Phi) is 49.6. The summed E-state index contributed by atoms with van der Waals surface area (Å²) in [6.07, 6.45) is 13.4. The van der Waals surface area contributed by atoms with Gasteiger partial charge in [-0.1, -0.05) is 111 Å². The van der Waals surface area contributed by atoms with E-state index in [9.17, 15) is 38.5 Å². The molecule has 2 atom stereocenters. The van der Waals surface area contributed by atoms with Crippen LogP contribution in [0.15, 0.2) is 167 Å². The zero-order valence-electron chi connectivity index (χ0n) is 67.3. The first-order valence-corrected chi connectivity index (χ1v) is 48.5. The van der Waals surface area contributed by atoms with Crippen LogP contribution in [0.1, 0.15) is 106 Å². The van der Waals surface area contributed by atoms with Crippen molar-refractivity contribution in [2.75, 3.05) is 84.6 Å². The second kappa shape index (κ2) is 50.1. The highest BCUT2D eigenvalue weighted by Crippen LogP contribution is 2.38. The van der Waals surface area contributed by atoms with Gasteiger partial charge in [0.1, 0.15) is 32.4 Å². The van der Waals surface area contributed by atoms with Gasteiger partial charge in [-0.15, -0.1) is 0 Å². The van der Waals surface area contributed by atoms with Crippen LogP contribution in [0, 0.1) is 0 Å². The molecule has 7 aromatic heterocycles. The van der Waals surface area contributed by atoms with E-state index in [1.807, 2.05) is 142 Å². The molecule has 2 unspecified atom stereocenters. The van der Waals surface area contributed by atoms with Gasteiger partial charge >= 0.3 is 0 Å². The third kappa shape index (κ3) is 45.4. The standard InChI is InChI=1S/C14H28N4OSSi.C14H27N3O2SSi.C8H11BrN2.C8H11ClN2O2S.C8H13N3O2S.C8H12N2O2S.C6H4BrNO.C3H8.2H3N/c1-14(2,3)21(6,7)17-20(15,19)13-9-8-12(10-16-13)11-18(4)5;1-14(2,3)21(6,7)16-20(18,19)13-9-8-12(10-15-13)11-17(4)5;1-11(2)6-7-3-4-8(9)10-5-7;2*1-11(2)6-7-3-4-8(10-5-7)14(9,12)13;1-10(2)6-7-3-4-8(9-5-7)13(11)12;7-6-2-1-5(4-9)3-8-6;1-3-2;;/h8-10H,11H2,1-7H3,(H2,15,17,19);8-10,16H,11H2,1-7H3;3-5H,6H2,1-2H3;3-5H,6H2,1-2H3;3-5H,6H2,1-2H3,(H2,9,12,13);3-5H,6H2,1-2H3,(H,11,12);1-4H;3H2,1-2H3;2*1H3. The van der Waals surface area contributed by atoms with Gasteiger partial charge in [0.15, 0.2) is 34.6 Å². The maximum Gasteiger partial charge on any atom is 0.278 e. The van der Waals surface area contributed by atoms with Crippen molar-refractivity contribution in [1.29, 1.82) is 0 Å². The average Bonchev–Trinajstić information content (AvgIpc) is 0.799. The number of primary sulfonamides is 1. The fraction of sp³-hybridized carbons (Fsp3) is 0.478. The summed E-state index contributed by atoms with van der Waals surface area (Å²) in [5.74, 6) is 0. The van der Waals surface area contributed by atoms with Crippen LogP contribution in [0.3, 0.4) is 0 Å². The first-order valence-electron chi connectivity index (χ1n) is 33.0. The molecule has 0 aliphatic carbocycles. The Morgan fingerprint density at radius 1 is 0.481 bits per heavy atom. The molecule has 610 valence electrons. The molecular formula is C69H120Br2ClN19O10S5Si2. The van der Waals surface area contributed by atoms with E-state index in [1.165, 1.54) is 42.7 Å². The highest BCUT2D eigenvalue weighted by molar-refractivity contribution is 9.10. The van der Waals surface area contributed by atoms with Crippen LogP contribution in [-0.4, -0.2) is 210 Å². The summed E-state index contributed by atoms with van der Waals surface area (Å²) >= 11 is 4.46. The Morgan fingerprint density at radius 2 is 0.778 bits per heavy atom. The van der Waals surface area contributed by atoms with E-state index in [0.29, 0.717) is 10.6 Å². The molecule has 7 heterocycles. The van der Waals surface area contributed by atoms with E-state index >= 15 is 0 Å². The summed E-state index contributed by atoms with van der Waals surface area (Å²) in [7, 11) is 10.6. The first-order chi connectivity index (χ1) is 48.5. The van der Waals surface area contributed by atoms with Crippen molar-refractivity contribution in [3.05, 3.63) is 176 Å². The first kappa shape index (κ1) is 107. The van der Waals surface area contributed by atoms with E-state index in [0.717, 1.165) is 82.6 Å². The van der Waals surface area contributed by atoms with Crippen LogP contribution in [0.2, 0.25) is 36.3 Å². The van der Waals surface area contributed by atoms with Crippen molar-refractivity contribution in [3.63, 3.8) is 0 Å². The normalized spacial score (nSPS) is 12.4. The Balaban J connectivity index is -0.00000120. The van der Waals surface area contributed by atoms with E-state index in [1.54, 1.807) is 67.1 Å². The molecule has 0 radical (unpaired) electrons. The second-order valence-corrected chi connectivity index (χ2v) is 49.3. The number of aromatic nitrogens is 7. The second-order valence-electron chi connectivity index (χ2n) is 28.9. The van der Waals surface area contributed by atoms with Crippen LogP contribution in [0.5, 0.6) is 0 Å². The number of hydrogen-bond acceptors (Lipinski definition) is 25. The van der Waals surface area contributed by atoms with Crippen molar-refractivity contribution in [2.24, 2.45) is 14.3 Å². The fourth-order valence-corrected chi connectivity index (χ4v) is 18.8. The fourth-order valence-electron chi connectivity index (χ4n) is 7.48. The number of carbonyl (C=O) groups is 1. The lowest BCUT2D eigenvalue weighted by Crippen LogP contribution is -2.54. The third-order valence-electron chi connectivity index (χ3n) is 14.4. The van der Waals surface area contributed by atoms with Gasteiger partial charge < -0.3 is 46.3 Å². The maximum absolute atomic E-state index is 12.8. The molecule has 108 heavy (non-hydrogen) atoms. The van der Waals surface area contributed by atoms with Crippen LogP contribution in [0.25, 0.3) is 0 Å². The largest absolute Gasteiger partial charge is 0.344 e. The third-order valence-corrected chi connectivity index (χ3v) is 33.1. The lowest BCUT2D eigenvalue weighted by Gasteiger charge is -2.36. The summed E-state index contributed by atoms with van der Waals surface area (Å²) in [4.78, 5) is 49.9. The minimum Gasteiger partial charge on any atom is -0.344 e. The Morgan fingerprint density at radius 3 is 1.02 bits per heavy atom. The molecule has 0 bridgehead atoms. The van der Waals surface area contributed by atoms with Gasteiger partial charge in [0.25, 0.3) is 29.1 Å². The highest BCUT2D eigenvalue weighted by Gasteiger charge is 2.40. The predicted octanol–water partition coefficient (Wildman–Crippen LogP) is 12.2. The lowest BCUT2D eigenvalue weighted by molar-refractivity contribution is 0.112. The van der Waals surface area contributed by atoms with Gasteiger partial charge in [-0.2, -0.15) is 0 Å². The Hall–Kier alpha value is -5.13. The van der Waals surface area contributed by atoms with Crippen LogP contribution in [0.4, 0.5) is 0 Å². The molecule has 12 N–H and O–H groups in total. The Labute approximate surface area is 671 Å². The molecule has 29 nitrogen and oxygen atoms in total. The van der Waals surface area contributed by atoms with Crippen molar-refractivity contribution in [3.8, 4) is 0 Å². The maximum atomic E-state index is 12.8. The summed E-state index contributed by atoms with van der Waals surface area (Å²) in [5, 5.41) is 11.3. The van der Waals surface area contributed by atoms with Gasteiger partial charge in [0.2, 0.25) is 11.1 Å². The van der Waals surface area contributed by atoms with Crippen molar-refractivity contribution < 1.29 is 43.0 Å². The smallest absolute Gasteiger partial charge is 0.278 e. The van der Waals surface area contributed by atoms with Crippen molar-refractivity contribution in [2.45, 2.75) is 162 Å². The monoisotopic (exact) mass is 1780 g/mol. The summed E-state index contributed by atoms with van der Waals surface area (Å²) in [6.45, 7) is 29.7. The highest BCUT2D eigenvalue weighted by atomic mass is 79.9.